The van der Waals surface area contributed by atoms with Crippen LogP contribution < -0.4 is 10.6 Å². The lowest BCUT2D eigenvalue weighted by Crippen LogP contribution is -2.87. The van der Waals surface area contributed by atoms with Crippen molar-refractivity contribution in [3.05, 3.63) is 74.3 Å². The van der Waals surface area contributed by atoms with Crippen LogP contribution in [0.25, 0.3) is 0 Å². The molecule has 0 aliphatic rings. The minimum absolute atomic E-state index is 0.0545. The molecule has 1 atom stereocenters. The number of methoxy groups -OCH3 is 1. The molecule has 3 rings (SSSR count). The fourth-order valence-corrected chi connectivity index (χ4v) is 4.93. The van der Waals surface area contributed by atoms with E-state index in [4.69, 9.17) is 4.74 Å². The number of ether oxygens (including phenoxy) is 1. The minimum atomic E-state index is -0.429. The van der Waals surface area contributed by atoms with Gasteiger partial charge in [-0.15, -0.1) is 22.7 Å². The Hall–Kier alpha value is -2.48. The van der Waals surface area contributed by atoms with Gasteiger partial charge < -0.3 is 15.4 Å². The zero-order valence-corrected chi connectivity index (χ0v) is 17.7. The Morgan fingerprint density at radius 2 is 1.89 bits per heavy atom. The topological polar surface area (TPSA) is 72.0 Å². The van der Waals surface area contributed by atoms with Crippen LogP contribution in [0.15, 0.2) is 47.8 Å². The molecular formula is C21H23N2O3S2+. The van der Waals surface area contributed by atoms with Crippen molar-refractivity contribution in [3.63, 3.8) is 0 Å². The van der Waals surface area contributed by atoms with Crippen molar-refractivity contribution in [1.82, 2.24) is 0 Å². The molecule has 146 valence electrons. The molecule has 7 heteroatoms. The molecule has 0 aliphatic carbocycles. The van der Waals surface area contributed by atoms with Crippen molar-refractivity contribution in [2.24, 2.45) is 0 Å². The summed E-state index contributed by atoms with van der Waals surface area (Å²) in [5.74, 6) is -0.578. The number of nitrogens with two attached hydrogens (primary N) is 1. The molecule has 5 nitrogen and oxygen atoms in total. The van der Waals surface area contributed by atoms with Gasteiger partial charge in [-0.1, -0.05) is 36.4 Å². The molecule has 2 aromatic heterocycles. The molecule has 0 aliphatic heterocycles. The monoisotopic (exact) mass is 415 g/mol. The fourth-order valence-electron chi connectivity index (χ4n) is 3.01. The highest BCUT2D eigenvalue weighted by Gasteiger charge is 2.23. The van der Waals surface area contributed by atoms with Gasteiger partial charge in [0.15, 0.2) is 6.54 Å². The van der Waals surface area contributed by atoms with Crippen molar-refractivity contribution in [2.75, 3.05) is 19.0 Å². The van der Waals surface area contributed by atoms with E-state index in [-0.39, 0.29) is 18.5 Å². The molecule has 2 heterocycles. The van der Waals surface area contributed by atoms with Crippen molar-refractivity contribution >= 4 is 39.6 Å². The Bertz CT molecular complexity index is 950. The summed E-state index contributed by atoms with van der Waals surface area (Å²) >= 11 is 3.07. The first-order valence-electron chi connectivity index (χ1n) is 8.91. The van der Waals surface area contributed by atoms with Gasteiger partial charge in [0.05, 0.1) is 17.6 Å². The van der Waals surface area contributed by atoms with Crippen LogP contribution in [0.4, 0.5) is 5.00 Å². The number of amides is 1. The van der Waals surface area contributed by atoms with Crippen LogP contribution in [0.2, 0.25) is 0 Å². The van der Waals surface area contributed by atoms with Crippen LogP contribution in [-0.4, -0.2) is 25.5 Å². The van der Waals surface area contributed by atoms with Crippen LogP contribution in [0, 0.1) is 13.8 Å². The molecule has 28 heavy (non-hydrogen) atoms. The van der Waals surface area contributed by atoms with Gasteiger partial charge in [0.25, 0.3) is 5.91 Å². The van der Waals surface area contributed by atoms with Gasteiger partial charge in [-0.05, 0) is 30.9 Å². The maximum atomic E-state index is 12.6. The van der Waals surface area contributed by atoms with Gasteiger partial charge in [0, 0.05) is 10.4 Å². The highest BCUT2D eigenvalue weighted by molar-refractivity contribution is 7.16. The molecule has 0 radical (unpaired) electrons. The molecular weight excluding hydrogens is 392 g/mol. The molecule has 0 spiro atoms. The minimum Gasteiger partial charge on any atom is -0.465 e. The Labute approximate surface area is 172 Å². The Kier molecular flexibility index (Phi) is 6.61. The number of benzene rings is 1. The van der Waals surface area contributed by atoms with Crippen LogP contribution in [-0.2, 0) is 9.53 Å². The summed E-state index contributed by atoms with van der Waals surface area (Å²) in [6.07, 6.45) is 0. The second kappa shape index (κ2) is 9.14. The molecule has 3 aromatic rings. The third kappa shape index (κ3) is 4.49. The van der Waals surface area contributed by atoms with Gasteiger partial charge in [-0.3, -0.25) is 4.79 Å². The Morgan fingerprint density at radius 3 is 2.54 bits per heavy atom. The standard InChI is InChI=1S/C21H22N2O3S2/c1-13-14(2)28-20(18(13)21(25)26-3)23-17(24)12-22-19(16-10-7-11-27-16)15-8-5-4-6-9-15/h4-11,19,22H,12H2,1-3H3,(H,23,24)/p+1/t19-/m0/s1. The molecule has 1 aromatic carbocycles. The van der Waals surface area contributed by atoms with E-state index >= 15 is 0 Å². The molecule has 0 unspecified atom stereocenters. The SMILES string of the molecule is COC(=O)c1c(NC(=O)C[NH2+][C@@H](c2ccccc2)c2cccs2)sc(C)c1C. The summed E-state index contributed by atoms with van der Waals surface area (Å²) in [5.41, 5.74) is 2.43. The lowest BCUT2D eigenvalue weighted by Gasteiger charge is -2.14. The van der Waals surface area contributed by atoms with Crippen molar-refractivity contribution in [3.8, 4) is 0 Å². The molecule has 0 saturated heterocycles. The van der Waals surface area contributed by atoms with E-state index in [9.17, 15) is 9.59 Å². The molecule has 0 saturated carbocycles. The number of hydrogen-bond acceptors (Lipinski definition) is 5. The normalized spacial score (nSPS) is 11.8. The molecule has 1 amide bonds. The number of aryl methyl sites for hydroxylation is 1. The number of quaternary nitrogens is 1. The molecule has 3 N–H and O–H groups in total. The number of anilines is 1. The van der Waals surface area contributed by atoms with E-state index in [1.807, 2.05) is 48.8 Å². The second-order valence-corrected chi connectivity index (χ2v) is 8.57. The quantitative estimate of drug-likeness (QED) is 0.580. The highest BCUT2D eigenvalue weighted by atomic mass is 32.1. The fraction of sp³-hybridized carbons (Fsp3) is 0.238. The first-order valence-corrected chi connectivity index (χ1v) is 10.6. The number of hydrogen-bond donors (Lipinski definition) is 2. The maximum absolute atomic E-state index is 12.6. The Balaban J connectivity index is 1.73. The van der Waals surface area contributed by atoms with Crippen LogP contribution in [0.3, 0.4) is 0 Å². The van der Waals surface area contributed by atoms with Crippen LogP contribution in [0.5, 0.6) is 0 Å². The van der Waals surface area contributed by atoms with Gasteiger partial charge in [0.1, 0.15) is 11.0 Å². The van der Waals surface area contributed by atoms with E-state index < -0.39 is 5.97 Å². The first kappa shape index (κ1) is 20.3. The molecule has 0 fully saturated rings. The van der Waals surface area contributed by atoms with E-state index in [1.165, 1.54) is 23.3 Å². The van der Waals surface area contributed by atoms with Gasteiger partial charge in [-0.2, -0.15) is 0 Å². The number of nitrogens with one attached hydrogen (secondary N) is 1. The number of carbonyl (C=O) groups is 2. The van der Waals surface area contributed by atoms with Crippen molar-refractivity contribution < 1.29 is 19.6 Å². The summed E-state index contributed by atoms with van der Waals surface area (Å²) in [5, 5.41) is 7.50. The Morgan fingerprint density at radius 1 is 1.14 bits per heavy atom. The van der Waals surface area contributed by atoms with Gasteiger partial charge >= 0.3 is 5.97 Å². The summed E-state index contributed by atoms with van der Waals surface area (Å²) in [7, 11) is 1.35. The largest absolute Gasteiger partial charge is 0.465 e. The van der Waals surface area contributed by atoms with Crippen LogP contribution >= 0.6 is 22.7 Å². The highest BCUT2D eigenvalue weighted by Crippen LogP contribution is 2.32. The van der Waals surface area contributed by atoms with Crippen molar-refractivity contribution in [2.45, 2.75) is 19.9 Å². The van der Waals surface area contributed by atoms with E-state index in [0.717, 1.165) is 16.0 Å². The van der Waals surface area contributed by atoms with E-state index in [0.29, 0.717) is 10.6 Å². The maximum Gasteiger partial charge on any atom is 0.341 e. The van der Waals surface area contributed by atoms with E-state index in [2.05, 4.69) is 23.5 Å². The zero-order valence-electron chi connectivity index (χ0n) is 16.0. The summed E-state index contributed by atoms with van der Waals surface area (Å²) in [6.45, 7) is 4.03. The average Bonchev–Trinajstić information content (AvgIpc) is 3.31. The molecule has 0 bridgehead atoms. The van der Waals surface area contributed by atoms with Crippen molar-refractivity contribution in [1.29, 1.82) is 0 Å². The van der Waals surface area contributed by atoms with Gasteiger partial charge in [-0.25, -0.2) is 4.79 Å². The lowest BCUT2D eigenvalue weighted by molar-refractivity contribution is -0.675. The first-order chi connectivity index (χ1) is 13.5. The summed E-state index contributed by atoms with van der Waals surface area (Å²) in [6, 6.07) is 14.3. The van der Waals surface area contributed by atoms with E-state index in [1.54, 1.807) is 11.3 Å². The number of carbonyl (C=O) groups excluding carboxylic acids is 2. The van der Waals surface area contributed by atoms with Gasteiger partial charge in [0.2, 0.25) is 0 Å². The predicted molar refractivity (Wildman–Crippen MR) is 113 cm³/mol. The predicted octanol–water partition coefficient (Wildman–Crippen LogP) is 3.50. The number of rotatable bonds is 7. The van der Waals surface area contributed by atoms with Crippen LogP contribution in [0.1, 0.15) is 37.3 Å². The smallest absolute Gasteiger partial charge is 0.341 e. The summed E-state index contributed by atoms with van der Waals surface area (Å²) < 4.78 is 4.87. The number of thiophene rings is 2. The number of esters is 1. The average molecular weight is 416 g/mol. The zero-order chi connectivity index (χ0) is 20.1. The second-order valence-electron chi connectivity index (χ2n) is 6.37. The third-order valence-corrected chi connectivity index (χ3v) is 6.65. The third-order valence-electron chi connectivity index (χ3n) is 4.58. The summed E-state index contributed by atoms with van der Waals surface area (Å²) in [4.78, 5) is 26.9. The lowest BCUT2D eigenvalue weighted by atomic mass is 10.1.